The number of benzene rings is 1. The number of nitrogens with one attached hydrogen (secondary N) is 2. The number of hydrogen-bond acceptors (Lipinski definition) is 4. The summed E-state index contributed by atoms with van der Waals surface area (Å²) in [6, 6.07) is 10.7. The number of carbonyl (C=O) groups is 2. The lowest BCUT2D eigenvalue weighted by atomic mass is 9.97. The minimum atomic E-state index is -0.245. The van der Waals surface area contributed by atoms with Gasteiger partial charge in [-0.05, 0) is 36.6 Å². The predicted octanol–water partition coefficient (Wildman–Crippen LogP) is 1.01. The van der Waals surface area contributed by atoms with Crippen LogP contribution in [0.4, 0.5) is 5.69 Å². The Hall–Kier alpha value is -3.09. The molecule has 2 aromatic rings. The van der Waals surface area contributed by atoms with Gasteiger partial charge in [-0.25, -0.2) is 0 Å². The zero-order valence-corrected chi connectivity index (χ0v) is 14.4. The molecule has 1 fully saturated rings. The monoisotopic (exact) mass is 354 g/mol. The van der Waals surface area contributed by atoms with E-state index < -0.39 is 0 Å². The molecule has 136 valence electrons. The standard InChI is InChI=1S/C19H22N4O3/c20-18(25)15-2-1-9-23(12-15)16-6-3-13(4-7-16)10-22-19(26)14-5-8-17(24)21-11-14/h3-8,11,15H,1-2,9-10,12H2,(H2,20,25)(H,21,24)(H,22,26)/t15-/m1/s1. The van der Waals surface area contributed by atoms with Crippen LogP contribution >= 0.6 is 0 Å². The fraction of sp³-hybridized carbons (Fsp3) is 0.316. The predicted molar refractivity (Wildman–Crippen MR) is 98.8 cm³/mol. The topological polar surface area (TPSA) is 108 Å². The summed E-state index contributed by atoms with van der Waals surface area (Å²) < 4.78 is 0. The van der Waals surface area contributed by atoms with Gasteiger partial charge in [0.05, 0.1) is 11.5 Å². The van der Waals surface area contributed by atoms with Crippen molar-refractivity contribution in [2.75, 3.05) is 18.0 Å². The minimum Gasteiger partial charge on any atom is -0.371 e. The van der Waals surface area contributed by atoms with Crippen molar-refractivity contribution < 1.29 is 9.59 Å². The summed E-state index contributed by atoms with van der Waals surface area (Å²) in [6.07, 6.45) is 3.19. The Morgan fingerprint density at radius 1 is 1.19 bits per heavy atom. The molecule has 0 radical (unpaired) electrons. The summed E-state index contributed by atoms with van der Waals surface area (Å²) in [5, 5.41) is 2.82. The van der Waals surface area contributed by atoms with E-state index in [1.54, 1.807) is 0 Å². The van der Waals surface area contributed by atoms with Gasteiger partial charge >= 0.3 is 0 Å². The number of nitrogens with zero attached hydrogens (tertiary/aromatic N) is 1. The molecule has 1 aromatic carbocycles. The molecule has 2 amide bonds. The van der Waals surface area contributed by atoms with Gasteiger partial charge in [0, 0.05) is 37.6 Å². The van der Waals surface area contributed by atoms with Crippen LogP contribution in [0, 0.1) is 5.92 Å². The largest absolute Gasteiger partial charge is 0.371 e. The van der Waals surface area contributed by atoms with Crippen molar-refractivity contribution in [2.45, 2.75) is 19.4 Å². The van der Waals surface area contributed by atoms with E-state index in [2.05, 4.69) is 15.2 Å². The van der Waals surface area contributed by atoms with Crippen molar-refractivity contribution in [2.24, 2.45) is 11.7 Å². The Morgan fingerprint density at radius 3 is 2.62 bits per heavy atom. The van der Waals surface area contributed by atoms with Gasteiger partial charge in [0.15, 0.2) is 0 Å². The van der Waals surface area contributed by atoms with Crippen LogP contribution in [0.5, 0.6) is 0 Å². The number of piperidine rings is 1. The van der Waals surface area contributed by atoms with Crippen LogP contribution in [0.25, 0.3) is 0 Å². The molecule has 1 saturated heterocycles. The maximum absolute atomic E-state index is 12.1. The lowest BCUT2D eigenvalue weighted by Gasteiger charge is -2.33. The molecule has 0 spiro atoms. The molecule has 4 N–H and O–H groups in total. The van der Waals surface area contributed by atoms with Gasteiger partial charge in [0.25, 0.3) is 5.91 Å². The number of anilines is 1. The fourth-order valence-corrected chi connectivity index (χ4v) is 3.10. The molecule has 3 rings (SSSR count). The summed E-state index contributed by atoms with van der Waals surface area (Å²) in [6.45, 7) is 1.95. The van der Waals surface area contributed by atoms with Crippen LogP contribution in [0.1, 0.15) is 28.8 Å². The van der Waals surface area contributed by atoms with Crippen molar-refractivity contribution in [1.29, 1.82) is 0 Å². The highest BCUT2D eigenvalue weighted by Gasteiger charge is 2.24. The highest BCUT2D eigenvalue weighted by Crippen LogP contribution is 2.23. The Bertz CT molecular complexity index is 824. The van der Waals surface area contributed by atoms with Crippen LogP contribution in [-0.2, 0) is 11.3 Å². The van der Waals surface area contributed by atoms with Crippen molar-refractivity contribution in [3.8, 4) is 0 Å². The van der Waals surface area contributed by atoms with Crippen molar-refractivity contribution in [3.05, 3.63) is 64.1 Å². The van der Waals surface area contributed by atoms with Gasteiger partial charge in [0.2, 0.25) is 11.5 Å². The summed E-state index contributed by atoms with van der Waals surface area (Å²) in [7, 11) is 0. The molecule has 0 bridgehead atoms. The average Bonchev–Trinajstić information content (AvgIpc) is 2.67. The first-order valence-electron chi connectivity index (χ1n) is 8.63. The molecule has 1 aliphatic rings. The van der Waals surface area contributed by atoms with Crippen LogP contribution in [0.3, 0.4) is 0 Å². The van der Waals surface area contributed by atoms with E-state index in [0.29, 0.717) is 18.7 Å². The molecular weight excluding hydrogens is 332 g/mol. The first kappa shape index (κ1) is 17.7. The molecule has 0 saturated carbocycles. The average molecular weight is 354 g/mol. The number of aromatic amines is 1. The Kier molecular flexibility index (Phi) is 5.36. The summed E-state index contributed by atoms with van der Waals surface area (Å²) in [5.41, 5.74) is 7.61. The first-order valence-corrected chi connectivity index (χ1v) is 8.63. The SMILES string of the molecule is NC(=O)[C@@H]1CCCN(c2ccc(CNC(=O)c3ccc(=O)[nH]c3)cc2)C1. The molecule has 1 aromatic heterocycles. The highest BCUT2D eigenvalue weighted by atomic mass is 16.2. The second kappa shape index (κ2) is 7.86. The normalized spacial score (nSPS) is 16.9. The fourth-order valence-electron chi connectivity index (χ4n) is 3.10. The Labute approximate surface area is 151 Å². The van der Waals surface area contributed by atoms with E-state index in [1.807, 2.05) is 24.3 Å². The van der Waals surface area contributed by atoms with Gasteiger partial charge in [-0.15, -0.1) is 0 Å². The number of aromatic nitrogens is 1. The van der Waals surface area contributed by atoms with Gasteiger partial charge < -0.3 is 20.9 Å². The van der Waals surface area contributed by atoms with Gasteiger partial charge in [-0.1, -0.05) is 12.1 Å². The van der Waals surface area contributed by atoms with Crippen molar-refractivity contribution in [3.63, 3.8) is 0 Å². The number of primary amides is 1. The molecular formula is C19H22N4O3. The van der Waals surface area contributed by atoms with E-state index in [4.69, 9.17) is 5.73 Å². The summed E-state index contributed by atoms with van der Waals surface area (Å²) in [4.78, 5) is 39.1. The van der Waals surface area contributed by atoms with Crippen LogP contribution in [0.15, 0.2) is 47.4 Å². The molecule has 7 heteroatoms. The van der Waals surface area contributed by atoms with E-state index >= 15 is 0 Å². The minimum absolute atomic E-state index is 0.0972. The molecule has 7 nitrogen and oxygen atoms in total. The zero-order valence-electron chi connectivity index (χ0n) is 14.4. The van der Waals surface area contributed by atoms with Gasteiger partial charge in [0.1, 0.15) is 0 Å². The number of rotatable bonds is 5. The number of carbonyl (C=O) groups excluding carboxylic acids is 2. The summed E-state index contributed by atoms with van der Waals surface area (Å²) in [5.74, 6) is -0.582. The Morgan fingerprint density at radius 2 is 1.96 bits per heavy atom. The van der Waals surface area contributed by atoms with E-state index in [1.165, 1.54) is 18.3 Å². The van der Waals surface area contributed by atoms with Crippen LogP contribution < -0.4 is 21.5 Å². The number of hydrogen-bond donors (Lipinski definition) is 3. The van der Waals surface area contributed by atoms with E-state index in [0.717, 1.165) is 30.6 Å². The summed E-state index contributed by atoms with van der Waals surface area (Å²) >= 11 is 0. The first-order chi connectivity index (χ1) is 12.5. The van der Waals surface area contributed by atoms with E-state index in [9.17, 15) is 14.4 Å². The zero-order chi connectivity index (χ0) is 18.5. The Balaban J connectivity index is 1.57. The number of amides is 2. The molecule has 0 unspecified atom stereocenters. The third kappa shape index (κ3) is 4.30. The van der Waals surface area contributed by atoms with E-state index in [-0.39, 0.29) is 23.3 Å². The quantitative estimate of drug-likeness (QED) is 0.744. The number of pyridine rings is 1. The lowest BCUT2D eigenvalue weighted by molar-refractivity contribution is -0.122. The van der Waals surface area contributed by atoms with Gasteiger partial charge in [-0.3, -0.25) is 14.4 Å². The maximum Gasteiger partial charge on any atom is 0.253 e. The lowest BCUT2D eigenvalue weighted by Crippen LogP contribution is -2.41. The molecule has 2 heterocycles. The number of H-pyrrole nitrogens is 1. The van der Waals surface area contributed by atoms with Crippen LogP contribution in [0.2, 0.25) is 0 Å². The van der Waals surface area contributed by atoms with Gasteiger partial charge in [-0.2, -0.15) is 0 Å². The molecule has 0 aliphatic carbocycles. The highest BCUT2D eigenvalue weighted by molar-refractivity contribution is 5.93. The maximum atomic E-state index is 12.1. The molecule has 1 atom stereocenters. The third-order valence-corrected chi connectivity index (χ3v) is 4.62. The number of nitrogens with two attached hydrogens (primary N) is 1. The van der Waals surface area contributed by atoms with Crippen LogP contribution in [-0.4, -0.2) is 29.9 Å². The van der Waals surface area contributed by atoms with Crippen molar-refractivity contribution >= 4 is 17.5 Å². The molecule has 1 aliphatic heterocycles. The smallest absolute Gasteiger partial charge is 0.253 e. The third-order valence-electron chi connectivity index (χ3n) is 4.62. The molecule has 26 heavy (non-hydrogen) atoms. The van der Waals surface area contributed by atoms with Crippen molar-refractivity contribution in [1.82, 2.24) is 10.3 Å². The second-order valence-electron chi connectivity index (χ2n) is 6.48. The second-order valence-corrected chi connectivity index (χ2v) is 6.48.